The maximum Gasteiger partial charge on any atom is 0.410 e. The van der Waals surface area contributed by atoms with E-state index in [1.165, 1.54) is 5.56 Å². The number of ether oxygens (including phenoxy) is 2. The number of hydrogen-bond donors (Lipinski definition) is 0. The molecule has 0 radical (unpaired) electrons. The molecule has 2 saturated heterocycles. The van der Waals surface area contributed by atoms with Crippen molar-refractivity contribution in [2.45, 2.75) is 32.4 Å². The van der Waals surface area contributed by atoms with Crippen molar-refractivity contribution in [3.05, 3.63) is 47.4 Å². The molecule has 0 N–H and O–H groups in total. The Hall–Kier alpha value is -2.83. The number of aryl methyl sites for hydroxylation is 2. The maximum absolute atomic E-state index is 12.3. The van der Waals surface area contributed by atoms with Crippen LogP contribution in [0.1, 0.15) is 17.0 Å². The van der Waals surface area contributed by atoms with Crippen molar-refractivity contribution >= 4 is 11.9 Å². The molecule has 2 fully saturated rings. The van der Waals surface area contributed by atoms with Gasteiger partial charge in [0, 0.05) is 19.3 Å². The second-order valence-corrected chi connectivity index (χ2v) is 7.11. The van der Waals surface area contributed by atoms with E-state index in [-0.39, 0.29) is 18.2 Å². The first-order valence-corrected chi connectivity index (χ1v) is 9.20. The molecule has 0 saturated carbocycles. The van der Waals surface area contributed by atoms with Gasteiger partial charge in [-0.1, -0.05) is 12.1 Å². The summed E-state index contributed by atoms with van der Waals surface area (Å²) in [6.45, 7) is 5.92. The monoisotopic (exact) mass is 368 g/mol. The first-order valence-electron chi connectivity index (χ1n) is 9.20. The molecule has 7 heteroatoms. The van der Waals surface area contributed by atoms with Crippen molar-refractivity contribution in [2.75, 3.05) is 31.6 Å². The number of amides is 1. The molecule has 2 aliphatic heterocycles. The number of anilines is 1. The predicted molar refractivity (Wildman–Crippen MR) is 101 cm³/mol. The Bertz CT molecular complexity index is 840. The zero-order valence-corrected chi connectivity index (χ0v) is 15.9. The lowest BCUT2D eigenvalue weighted by atomic mass is 10.1. The summed E-state index contributed by atoms with van der Waals surface area (Å²) in [6, 6.07) is 8.00. The quantitative estimate of drug-likeness (QED) is 0.807. The van der Waals surface area contributed by atoms with E-state index < -0.39 is 0 Å². The van der Waals surface area contributed by atoms with Gasteiger partial charge in [0.1, 0.15) is 11.9 Å². The largest absolute Gasteiger partial charge is 0.497 e. The zero-order valence-electron chi connectivity index (χ0n) is 15.9. The molecule has 2 aromatic rings. The van der Waals surface area contributed by atoms with Crippen LogP contribution in [0.3, 0.4) is 0 Å². The van der Waals surface area contributed by atoms with Crippen LogP contribution in [-0.4, -0.2) is 59.9 Å². The molecule has 1 aromatic carbocycles. The van der Waals surface area contributed by atoms with Crippen LogP contribution in [-0.2, 0) is 11.2 Å². The summed E-state index contributed by atoms with van der Waals surface area (Å²) in [7, 11) is 1.65. The number of hydrogen-bond acceptors (Lipinski definition) is 6. The standard InChI is InChI=1S/C20H24N4O3/c1-13-10-21-14(2)19(22-13)23-11-17-18(12-23)27-20(25)24(17)9-8-15-4-6-16(26-3)7-5-15/h4-7,10,17-18H,8-9,11-12H2,1-3H3/t17-,18+/m1/s1. The van der Waals surface area contributed by atoms with Gasteiger partial charge in [-0.3, -0.25) is 9.88 Å². The minimum atomic E-state index is -0.217. The third-order valence-electron chi connectivity index (χ3n) is 5.27. The lowest BCUT2D eigenvalue weighted by Gasteiger charge is -2.24. The highest BCUT2D eigenvalue weighted by Gasteiger charge is 2.48. The number of methoxy groups -OCH3 is 1. The Balaban J connectivity index is 1.44. The third kappa shape index (κ3) is 3.41. The smallest absolute Gasteiger partial charge is 0.410 e. The molecule has 2 aliphatic rings. The Kier molecular flexibility index (Phi) is 4.59. The van der Waals surface area contributed by atoms with Crippen LogP contribution < -0.4 is 9.64 Å². The highest BCUT2D eigenvalue weighted by molar-refractivity contribution is 5.72. The van der Waals surface area contributed by atoms with Crippen molar-refractivity contribution in [2.24, 2.45) is 0 Å². The van der Waals surface area contributed by atoms with Crippen molar-refractivity contribution in [1.82, 2.24) is 14.9 Å². The molecule has 0 bridgehead atoms. The van der Waals surface area contributed by atoms with Gasteiger partial charge >= 0.3 is 6.09 Å². The van der Waals surface area contributed by atoms with Crippen molar-refractivity contribution in [3.63, 3.8) is 0 Å². The first kappa shape index (κ1) is 17.6. The Morgan fingerprint density at radius 1 is 1.22 bits per heavy atom. The summed E-state index contributed by atoms with van der Waals surface area (Å²) in [5, 5.41) is 0. The van der Waals surface area contributed by atoms with E-state index in [0.29, 0.717) is 13.1 Å². The lowest BCUT2D eigenvalue weighted by molar-refractivity contribution is 0.136. The number of aromatic nitrogens is 2. The van der Waals surface area contributed by atoms with Crippen LogP contribution in [0.5, 0.6) is 5.75 Å². The van der Waals surface area contributed by atoms with Gasteiger partial charge in [0.25, 0.3) is 0 Å². The average molecular weight is 368 g/mol. The molecule has 0 spiro atoms. The molecule has 142 valence electrons. The van der Waals surface area contributed by atoms with Crippen molar-refractivity contribution < 1.29 is 14.3 Å². The summed E-state index contributed by atoms with van der Waals surface area (Å²) in [4.78, 5) is 25.4. The Labute approximate surface area is 158 Å². The molecule has 7 nitrogen and oxygen atoms in total. The van der Waals surface area contributed by atoms with Crippen LogP contribution >= 0.6 is 0 Å². The number of carbonyl (C=O) groups is 1. The van der Waals surface area contributed by atoms with E-state index in [0.717, 1.165) is 35.9 Å². The highest BCUT2D eigenvalue weighted by atomic mass is 16.6. The molecule has 0 unspecified atom stereocenters. The second-order valence-electron chi connectivity index (χ2n) is 7.11. The SMILES string of the molecule is COc1ccc(CCN2C(=O)O[C@H]3CN(c4nc(C)cnc4C)C[C@H]32)cc1. The van der Waals surface area contributed by atoms with Crippen LogP contribution in [0.25, 0.3) is 0 Å². The molecule has 1 aromatic heterocycles. The summed E-state index contributed by atoms with van der Waals surface area (Å²) in [6.07, 6.45) is 2.22. The van der Waals surface area contributed by atoms with Gasteiger partial charge in [-0.05, 0) is 38.0 Å². The van der Waals surface area contributed by atoms with E-state index in [9.17, 15) is 4.79 Å². The van der Waals surface area contributed by atoms with E-state index in [4.69, 9.17) is 9.47 Å². The molecule has 4 rings (SSSR count). The fourth-order valence-corrected chi connectivity index (χ4v) is 3.80. The van der Waals surface area contributed by atoms with Gasteiger partial charge in [-0.25, -0.2) is 9.78 Å². The van der Waals surface area contributed by atoms with Gasteiger partial charge in [0.15, 0.2) is 5.82 Å². The lowest BCUT2D eigenvalue weighted by Crippen LogP contribution is -2.39. The van der Waals surface area contributed by atoms with Gasteiger partial charge in [0.2, 0.25) is 0 Å². The van der Waals surface area contributed by atoms with Gasteiger partial charge in [0.05, 0.1) is 31.1 Å². The van der Waals surface area contributed by atoms with E-state index >= 15 is 0 Å². The fraction of sp³-hybridized carbons (Fsp3) is 0.450. The summed E-state index contributed by atoms with van der Waals surface area (Å²) in [5.41, 5.74) is 2.96. The minimum Gasteiger partial charge on any atom is -0.497 e. The Morgan fingerprint density at radius 3 is 2.74 bits per heavy atom. The number of carbonyl (C=O) groups excluding carboxylic acids is 1. The molecule has 27 heavy (non-hydrogen) atoms. The highest BCUT2D eigenvalue weighted by Crippen LogP contribution is 2.30. The summed E-state index contributed by atoms with van der Waals surface area (Å²) < 4.78 is 10.8. The third-order valence-corrected chi connectivity index (χ3v) is 5.27. The van der Waals surface area contributed by atoms with Crippen LogP contribution in [0.4, 0.5) is 10.6 Å². The summed E-state index contributed by atoms with van der Waals surface area (Å²) >= 11 is 0. The molecule has 2 atom stereocenters. The molecule has 3 heterocycles. The molecular formula is C20H24N4O3. The van der Waals surface area contributed by atoms with Crippen LogP contribution in [0.2, 0.25) is 0 Å². The Morgan fingerprint density at radius 2 is 2.00 bits per heavy atom. The molecule has 0 aliphatic carbocycles. The number of nitrogens with zero attached hydrogens (tertiary/aromatic N) is 4. The second kappa shape index (κ2) is 7.06. The fourth-order valence-electron chi connectivity index (χ4n) is 3.80. The van der Waals surface area contributed by atoms with Gasteiger partial charge < -0.3 is 14.4 Å². The zero-order chi connectivity index (χ0) is 19.0. The summed E-state index contributed by atoms with van der Waals surface area (Å²) in [5.74, 6) is 1.72. The van der Waals surface area contributed by atoms with Crippen molar-refractivity contribution in [3.8, 4) is 5.75 Å². The first-order chi connectivity index (χ1) is 13.0. The van der Waals surface area contributed by atoms with Crippen molar-refractivity contribution in [1.29, 1.82) is 0 Å². The number of fused-ring (bicyclic) bond motifs is 1. The normalized spacial score (nSPS) is 21.4. The topological polar surface area (TPSA) is 67.8 Å². The van der Waals surface area contributed by atoms with E-state index in [2.05, 4.69) is 14.9 Å². The number of rotatable bonds is 5. The minimum absolute atomic E-state index is 0.0532. The van der Waals surface area contributed by atoms with Gasteiger partial charge in [-0.15, -0.1) is 0 Å². The van der Waals surface area contributed by atoms with Crippen LogP contribution in [0.15, 0.2) is 30.5 Å². The predicted octanol–water partition coefficient (Wildman–Crippen LogP) is 2.35. The van der Waals surface area contributed by atoms with E-state index in [1.807, 2.05) is 43.0 Å². The molecular weight excluding hydrogens is 344 g/mol. The maximum atomic E-state index is 12.3. The average Bonchev–Trinajstić information content (AvgIpc) is 3.19. The van der Waals surface area contributed by atoms with Crippen LogP contribution in [0, 0.1) is 13.8 Å². The van der Waals surface area contributed by atoms with E-state index in [1.54, 1.807) is 13.3 Å². The molecule has 1 amide bonds. The number of benzene rings is 1. The van der Waals surface area contributed by atoms with Gasteiger partial charge in [-0.2, -0.15) is 0 Å².